The number of ketones is 2. The van der Waals surface area contributed by atoms with E-state index in [0.717, 1.165) is 0 Å². The topological polar surface area (TPSA) is 121 Å². The SMILES string of the molecule is O=C(CC(=O)c1ccc2c(c1)C(=O)OC2=O)c1ccc2c(c1)C(=O)OC2=O. The molecule has 2 aromatic carbocycles. The third kappa shape index (κ3) is 2.63. The van der Waals surface area contributed by atoms with E-state index in [9.17, 15) is 28.8 Å². The Kier molecular flexibility index (Phi) is 3.55. The summed E-state index contributed by atoms with van der Waals surface area (Å²) in [6.07, 6.45) is -0.524. The molecule has 0 N–H and O–H groups in total. The number of esters is 4. The number of ether oxygens (including phenoxy) is 2. The van der Waals surface area contributed by atoms with Crippen molar-refractivity contribution in [2.75, 3.05) is 0 Å². The first-order valence-electron chi connectivity index (χ1n) is 7.72. The molecule has 0 atom stereocenters. The summed E-state index contributed by atoms with van der Waals surface area (Å²) < 4.78 is 8.90. The van der Waals surface area contributed by atoms with E-state index in [0.29, 0.717) is 0 Å². The van der Waals surface area contributed by atoms with Crippen molar-refractivity contribution >= 4 is 35.4 Å². The van der Waals surface area contributed by atoms with Crippen LogP contribution in [0, 0.1) is 0 Å². The van der Waals surface area contributed by atoms with Crippen LogP contribution >= 0.6 is 0 Å². The van der Waals surface area contributed by atoms with Crippen LogP contribution in [0.2, 0.25) is 0 Å². The minimum atomic E-state index is -0.849. The molecule has 0 aromatic heterocycles. The molecule has 0 saturated heterocycles. The summed E-state index contributed by atoms with van der Waals surface area (Å²) in [4.78, 5) is 70.7. The maximum Gasteiger partial charge on any atom is 0.346 e. The number of hydrogen-bond acceptors (Lipinski definition) is 8. The maximum absolute atomic E-state index is 12.4. The second-order valence-corrected chi connectivity index (χ2v) is 5.90. The minimum Gasteiger partial charge on any atom is -0.386 e. The Hall–Kier alpha value is -3.94. The number of carbonyl (C=O) groups is 6. The van der Waals surface area contributed by atoms with Crippen molar-refractivity contribution in [2.45, 2.75) is 6.42 Å². The van der Waals surface area contributed by atoms with Gasteiger partial charge in [-0.3, -0.25) is 9.59 Å². The summed E-state index contributed by atoms with van der Waals surface area (Å²) in [7, 11) is 0. The van der Waals surface area contributed by atoms with E-state index >= 15 is 0 Å². The van der Waals surface area contributed by atoms with E-state index in [-0.39, 0.29) is 33.4 Å². The lowest BCUT2D eigenvalue weighted by atomic mass is 9.97. The van der Waals surface area contributed by atoms with Crippen LogP contribution in [0.3, 0.4) is 0 Å². The largest absolute Gasteiger partial charge is 0.386 e. The van der Waals surface area contributed by atoms with Crippen LogP contribution in [0.15, 0.2) is 36.4 Å². The molecule has 2 aromatic rings. The highest BCUT2D eigenvalue weighted by Crippen LogP contribution is 2.24. The molecule has 0 saturated carbocycles. The molecule has 2 aliphatic heterocycles. The van der Waals surface area contributed by atoms with Crippen LogP contribution in [0.5, 0.6) is 0 Å². The van der Waals surface area contributed by atoms with Gasteiger partial charge in [0.1, 0.15) is 0 Å². The molecule has 0 radical (unpaired) electrons. The molecule has 0 amide bonds. The first-order chi connectivity index (χ1) is 12.8. The summed E-state index contributed by atoms with van der Waals surface area (Å²) in [5.74, 6) is -4.42. The third-order valence-electron chi connectivity index (χ3n) is 4.25. The van der Waals surface area contributed by atoms with Crippen molar-refractivity contribution in [2.24, 2.45) is 0 Å². The van der Waals surface area contributed by atoms with Crippen molar-refractivity contribution in [3.8, 4) is 0 Å². The quantitative estimate of drug-likeness (QED) is 0.457. The zero-order valence-electron chi connectivity index (χ0n) is 13.4. The van der Waals surface area contributed by atoms with E-state index in [1.807, 2.05) is 0 Å². The van der Waals surface area contributed by atoms with E-state index in [1.165, 1.54) is 36.4 Å². The number of benzene rings is 2. The molecule has 2 aliphatic rings. The molecular weight excluding hydrogens is 356 g/mol. The number of carbonyl (C=O) groups excluding carboxylic acids is 6. The summed E-state index contributed by atoms with van der Waals surface area (Å²) in [5, 5.41) is 0. The van der Waals surface area contributed by atoms with Gasteiger partial charge in [-0.05, 0) is 24.3 Å². The maximum atomic E-state index is 12.4. The first kappa shape index (κ1) is 16.5. The zero-order valence-corrected chi connectivity index (χ0v) is 13.4. The molecular formula is C19H8O8. The molecule has 0 aliphatic carbocycles. The Bertz CT molecular complexity index is 1020. The summed E-state index contributed by atoms with van der Waals surface area (Å²) in [5.41, 5.74) is 0.206. The number of cyclic esters (lactones) is 4. The van der Waals surface area contributed by atoms with Gasteiger partial charge >= 0.3 is 23.9 Å². The Labute approximate surface area is 150 Å². The van der Waals surface area contributed by atoms with Crippen LogP contribution in [0.4, 0.5) is 0 Å². The van der Waals surface area contributed by atoms with Gasteiger partial charge in [0.2, 0.25) is 0 Å². The fourth-order valence-corrected chi connectivity index (χ4v) is 2.87. The average Bonchev–Trinajstić information content (AvgIpc) is 3.10. The van der Waals surface area contributed by atoms with Gasteiger partial charge in [-0.1, -0.05) is 12.1 Å². The summed E-state index contributed by atoms with van der Waals surface area (Å²) in [6, 6.07) is 7.64. The highest BCUT2D eigenvalue weighted by molar-refractivity contribution is 6.19. The Morgan fingerprint density at radius 2 is 0.963 bits per heavy atom. The van der Waals surface area contributed by atoms with E-state index < -0.39 is 41.9 Å². The standard InChI is InChI=1S/C19H8O8/c20-14(8-1-3-10-12(5-8)18(24)26-16(10)22)7-15(21)9-2-4-11-13(6-9)19(25)27-17(11)23/h1-6H,7H2. The van der Waals surface area contributed by atoms with Crippen molar-refractivity contribution in [3.63, 3.8) is 0 Å². The minimum absolute atomic E-state index is 0.0305. The molecule has 132 valence electrons. The Morgan fingerprint density at radius 1 is 0.593 bits per heavy atom. The Balaban J connectivity index is 1.57. The molecule has 27 heavy (non-hydrogen) atoms. The predicted molar refractivity (Wildman–Crippen MR) is 85.7 cm³/mol. The third-order valence-corrected chi connectivity index (χ3v) is 4.25. The van der Waals surface area contributed by atoms with Crippen LogP contribution in [0.1, 0.15) is 68.6 Å². The van der Waals surface area contributed by atoms with Gasteiger partial charge < -0.3 is 9.47 Å². The van der Waals surface area contributed by atoms with Crippen molar-refractivity contribution < 1.29 is 38.2 Å². The van der Waals surface area contributed by atoms with Gasteiger partial charge in [-0.25, -0.2) is 19.2 Å². The van der Waals surface area contributed by atoms with Crippen molar-refractivity contribution in [1.29, 1.82) is 0 Å². The van der Waals surface area contributed by atoms with Gasteiger partial charge in [-0.15, -0.1) is 0 Å². The second-order valence-electron chi connectivity index (χ2n) is 5.90. The highest BCUT2D eigenvalue weighted by Gasteiger charge is 2.32. The average molecular weight is 364 g/mol. The van der Waals surface area contributed by atoms with Crippen LogP contribution < -0.4 is 0 Å². The second kappa shape index (κ2) is 5.80. The van der Waals surface area contributed by atoms with E-state index in [4.69, 9.17) is 0 Å². The summed E-state index contributed by atoms with van der Waals surface area (Å²) >= 11 is 0. The lowest BCUT2D eigenvalue weighted by Gasteiger charge is -2.03. The molecule has 0 spiro atoms. The predicted octanol–water partition coefficient (Wildman–Crippen LogP) is 1.76. The van der Waals surface area contributed by atoms with Crippen molar-refractivity contribution in [1.82, 2.24) is 0 Å². The molecule has 2 heterocycles. The van der Waals surface area contributed by atoms with Crippen molar-refractivity contribution in [3.05, 3.63) is 69.8 Å². The summed E-state index contributed by atoms with van der Waals surface area (Å²) in [6.45, 7) is 0. The highest BCUT2D eigenvalue weighted by atomic mass is 16.6. The number of Topliss-reactive ketones (excluding diaryl/α,β-unsaturated/α-hetero) is 2. The van der Waals surface area contributed by atoms with Gasteiger partial charge in [-0.2, -0.15) is 0 Å². The normalized spacial score (nSPS) is 14.5. The van der Waals surface area contributed by atoms with Crippen LogP contribution in [-0.4, -0.2) is 35.4 Å². The molecule has 0 fully saturated rings. The van der Waals surface area contributed by atoms with Gasteiger partial charge in [0.15, 0.2) is 11.6 Å². The molecule has 4 rings (SSSR count). The number of fused-ring (bicyclic) bond motifs is 2. The van der Waals surface area contributed by atoms with E-state index in [2.05, 4.69) is 9.47 Å². The molecule has 8 heteroatoms. The fraction of sp³-hybridized carbons (Fsp3) is 0.0526. The van der Waals surface area contributed by atoms with Crippen LogP contribution in [0.25, 0.3) is 0 Å². The van der Waals surface area contributed by atoms with Crippen LogP contribution in [-0.2, 0) is 9.47 Å². The monoisotopic (exact) mass is 364 g/mol. The smallest absolute Gasteiger partial charge is 0.346 e. The molecule has 0 bridgehead atoms. The lowest BCUT2D eigenvalue weighted by Crippen LogP contribution is -2.10. The van der Waals surface area contributed by atoms with Gasteiger partial charge in [0.05, 0.1) is 28.7 Å². The number of hydrogen-bond donors (Lipinski definition) is 0. The van der Waals surface area contributed by atoms with Gasteiger partial charge in [0, 0.05) is 11.1 Å². The lowest BCUT2D eigenvalue weighted by molar-refractivity contribution is 0.0425. The zero-order chi connectivity index (χ0) is 19.3. The van der Waals surface area contributed by atoms with E-state index in [1.54, 1.807) is 0 Å². The molecule has 0 unspecified atom stereocenters. The van der Waals surface area contributed by atoms with Gasteiger partial charge in [0.25, 0.3) is 0 Å². The Morgan fingerprint density at radius 3 is 1.37 bits per heavy atom. The fourth-order valence-electron chi connectivity index (χ4n) is 2.87. The molecule has 8 nitrogen and oxygen atoms in total. The first-order valence-corrected chi connectivity index (χ1v) is 7.72. The number of rotatable bonds is 4.